The molecule has 2 heterocycles. The number of nitrogens with two attached hydrogens (primary N) is 1. The molecule has 0 spiro atoms. The summed E-state index contributed by atoms with van der Waals surface area (Å²) in [5.74, 6) is 0.538. The third kappa shape index (κ3) is 2.82. The molecule has 0 atom stereocenters. The molecule has 5 rings (SSSR count). The summed E-state index contributed by atoms with van der Waals surface area (Å²) >= 11 is 1.61. The fourth-order valence-corrected chi connectivity index (χ4v) is 4.43. The van der Waals surface area contributed by atoms with E-state index in [1.54, 1.807) is 18.3 Å². The molecule has 27 heavy (non-hydrogen) atoms. The lowest BCUT2D eigenvalue weighted by atomic mass is 10.2. The zero-order valence-corrected chi connectivity index (χ0v) is 15.5. The van der Waals surface area contributed by atoms with E-state index in [4.69, 9.17) is 5.73 Å². The highest BCUT2D eigenvalue weighted by molar-refractivity contribution is 8.00. The second kappa shape index (κ2) is 6.63. The molecule has 0 fully saturated rings. The zero-order valence-electron chi connectivity index (χ0n) is 14.7. The standard InChI is InChI=1S/C21H19N5S/c22-21-20-19(23-13-24-21)17-7-4-8-18(17)26(20)15-11-9-14(10-12-15)25-27-16-5-2-1-3-6-16/h1-3,5-6,9-13,25H,4,7-8H2,(H2,22,23,24). The molecule has 134 valence electrons. The van der Waals surface area contributed by atoms with Gasteiger partial charge in [-0.25, -0.2) is 9.97 Å². The Balaban J connectivity index is 1.49. The minimum absolute atomic E-state index is 0.538. The number of nitrogens with zero attached hydrogens (tertiary/aromatic N) is 3. The third-order valence-corrected chi connectivity index (χ3v) is 5.82. The van der Waals surface area contributed by atoms with Crippen LogP contribution in [0.15, 0.2) is 65.8 Å². The highest BCUT2D eigenvalue weighted by Crippen LogP contribution is 2.36. The minimum atomic E-state index is 0.538. The molecule has 6 heteroatoms. The Kier molecular flexibility index (Phi) is 3.98. The van der Waals surface area contributed by atoms with E-state index < -0.39 is 0 Å². The summed E-state index contributed by atoms with van der Waals surface area (Å²) in [6.45, 7) is 0. The van der Waals surface area contributed by atoms with Crippen LogP contribution in [0.1, 0.15) is 17.7 Å². The number of fused-ring (bicyclic) bond motifs is 3. The van der Waals surface area contributed by atoms with Gasteiger partial charge < -0.3 is 15.0 Å². The van der Waals surface area contributed by atoms with E-state index in [9.17, 15) is 0 Å². The van der Waals surface area contributed by atoms with Gasteiger partial charge in [0.25, 0.3) is 0 Å². The summed E-state index contributed by atoms with van der Waals surface area (Å²) in [5.41, 5.74) is 12.9. The number of nitrogen functional groups attached to an aromatic ring is 1. The zero-order chi connectivity index (χ0) is 18.2. The largest absolute Gasteiger partial charge is 0.382 e. The Hall–Kier alpha value is -2.99. The maximum absolute atomic E-state index is 6.21. The topological polar surface area (TPSA) is 68.8 Å². The summed E-state index contributed by atoms with van der Waals surface area (Å²) in [5, 5.41) is 0. The van der Waals surface area contributed by atoms with E-state index in [1.165, 1.54) is 16.2 Å². The van der Waals surface area contributed by atoms with Gasteiger partial charge in [0.1, 0.15) is 11.8 Å². The Bertz CT molecular complexity index is 1100. The Morgan fingerprint density at radius 2 is 1.78 bits per heavy atom. The van der Waals surface area contributed by atoms with Crippen molar-refractivity contribution in [3.05, 3.63) is 72.2 Å². The van der Waals surface area contributed by atoms with Crippen molar-refractivity contribution in [1.29, 1.82) is 0 Å². The van der Waals surface area contributed by atoms with Crippen LogP contribution in [0.25, 0.3) is 16.7 Å². The lowest BCUT2D eigenvalue weighted by Crippen LogP contribution is -2.02. The summed E-state index contributed by atoms with van der Waals surface area (Å²) in [7, 11) is 0. The number of hydrogen-bond donors (Lipinski definition) is 2. The molecule has 4 aromatic rings. The maximum Gasteiger partial charge on any atom is 0.151 e. The first-order chi connectivity index (χ1) is 13.3. The molecule has 0 amide bonds. The molecule has 0 bridgehead atoms. The van der Waals surface area contributed by atoms with Crippen molar-refractivity contribution in [2.75, 3.05) is 10.5 Å². The van der Waals surface area contributed by atoms with Gasteiger partial charge in [0.05, 0.1) is 5.52 Å². The first kappa shape index (κ1) is 16.2. The molecular weight excluding hydrogens is 354 g/mol. The lowest BCUT2D eigenvalue weighted by molar-refractivity contribution is 0.872. The molecule has 5 nitrogen and oxygen atoms in total. The number of aromatic nitrogens is 3. The normalized spacial score (nSPS) is 13.0. The van der Waals surface area contributed by atoms with Crippen LogP contribution < -0.4 is 10.5 Å². The van der Waals surface area contributed by atoms with Crippen molar-refractivity contribution in [1.82, 2.24) is 14.5 Å². The molecule has 3 N–H and O–H groups in total. The fraction of sp³-hybridized carbons (Fsp3) is 0.143. The molecule has 2 aromatic heterocycles. The van der Waals surface area contributed by atoms with Gasteiger partial charge in [-0.1, -0.05) is 18.2 Å². The van der Waals surface area contributed by atoms with Gasteiger partial charge in [-0.15, -0.1) is 0 Å². The Morgan fingerprint density at radius 1 is 0.963 bits per heavy atom. The van der Waals surface area contributed by atoms with Gasteiger partial charge in [0.2, 0.25) is 0 Å². The van der Waals surface area contributed by atoms with Crippen molar-refractivity contribution in [2.24, 2.45) is 0 Å². The number of nitrogens with one attached hydrogen (secondary N) is 1. The second-order valence-electron chi connectivity index (χ2n) is 6.63. The number of hydrogen-bond acceptors (Lipinski definition) is 5. The van der Waals surface area contributed by atoms with Gasteiger partial charge in [-0.05, 0) is 73.2 Å². The predicted octanol–water partition coefficient (Wildman–Crippen LogP) is 4.61. The van der Waals surface area contributed by atoms with Crippen molar-refractivity contribution in [3.8, 4) is 5.69 Å². The highest BCUT2D eigenvalue weighted by atomic mass is 32.2. The molecule has 0 unspecified atom stereocenters. The quantitative estimate of drug-likeness (QED) is 0.511. The molecule has 0 saturated heterocycles. The Labute approximate surface area is 161 Å². The molecule has 1 aliphatic carbocycles. The summed E-state index contributed by atoms with van der Waals surface area (Å²) in [4.78, 5) is 9.91. The molecule has 2 aromatic carbocycles. The SMILES string of the molecule is Nc1ncnc2c3c(n(-c4ccc(NSc5ccccc5)cc4)c12)CCC3. The van der Waals surface area contributed by atoms with E-state index in [1.807, 2.05) is 18.2 Å². The minimum Gasteiger partial charge on any atom is -0.382 e. The predicted molar refractivity (Wildman–Crippen MR) is 111 cm³/mol. The molecule has 0 radical (unpaired) electrons. The van der Waals surface area contributed by atoms with Crippen LogP contribution in [0.4, 0.5) is 11.5 Å². The summed E-state index contributed by atoms with van der Waals surface area (Å²) in [6, 6.07) is 18.7. The van der Waals surface area contributed by atoms with Crippen LogP contribution >= 0.6 is 11.9 Å². The molecule has 0 aliphatic heterocycles. The van der Waals surface area contributed by atoms with Crippen LogP contribution in [0.3, 0.4) is 0 Å². The third-order valence-electron chi connectivity index (χ3n) is 4.97. The van der Waals surface area contributed by atoms with Crippen molar-refractivity contribution in [2.45, 2.75) is 24.2 Å². The van der Waals surface area contributed by atoms with Crippen molar-refractivity contribution >= 4 is 34.5 Å². The van der Waals surface area contributed by atoms with E-state index in [-0.39, 0.29) is 0 Å². The van der Waals surface area contributed by atoms with E-state index in [0.717, 1.165) is 41.7 Å². The van der Waals surface area contributed by atoms with E-state index >= 15 is 0 Å². The first-order valence-corrected chi connectivity index (χ1v) is 9.84. The van der Waals surface area contributed by atoms with Gasteiger partial charge >= 0.3 is 0 Å². The fourth-order valence-electron chi connectivity index (χ4n) is 3.77. The number of aryl methyl sites for hydroxylation is 1. The van der Waals surface area contributed by atoms with Gasteiger partial charge in [0.15, 0.2) is 5.82 Å². The molecule has 0 saturated carbocycles. The van der Waals surface area contributed by atoms with Crippen LogP contribution in [-0.4, -0.2) is 14.5 Å². The summed E-state index contributed by atoms with van der Waals surface area (Å²) < 4.78 is 5.63. The van der Waals surface area contributed by atoms with Crippen LogP contribution in [0, 0.1) is 0 Å². The number of benzene rings is 2. The number of rotatable bonds is 4. The smallest absolute Gasteiger partial charge is 0.151 e. The van der Waals surface area contributed by atoms with Crippen LogP contribution in [-0.2, 0) is 12.8 Å². The molecular formula is C21H19N5S. The average Bonchev–Trinajstić information content (AvgIpc) is 3.30. The highest BCUT2D eigenvalue weighted by Gasteiger charge is 2.24. The van der Waals surface area contributed by atoms with Crippen molar-refractivity contribution < 1.29 is 0 Å². The van der Waals surface area contributed by atoms with E-state index in [2.05, 4.69) is 55.7 Å². The van der Waals surface area contributed by atoms with Gasteiger partial charge in [0, 0.05) is 22.0 Å². The lowest BCUT2D eigenvalue weighted by Gasteiger charge is -2.12. The van der Waals surface area contributed by atoms with Gasteiger partial charge in [-0.3, -0.25) is 0 Å². The average molecular weight is 373 g/mol. The van der Waals surface area contributed by atoms with Gasteiger partial charge in [-0.2, -0.15) is 0 Å². The Morgan fingerprint density at radius 3 is 2.59 bits per heavy atom. The second-order valence-corrected chi connectivity index (χ2v) is 7.51. The summed E-state index contributed by atoms with van der Waals surface area (Å²) in [6.07, 6.45) is 4.84. The van der Waals surface area contributed by atoms with E-state index in [0.29, 0.717) is 5.82 Å². The monoisotopic (exact) mass is 373 g/mol. The number of anilines is 2. The molecule has 1 aliphatic rings. The van der Waals surface area contributed by atoms with Crippen LogP contribution in [0.5, 0.6) is 0 Å². The maximum atomic E-state index is 6.21. The van der Waals surface area contributed by atoms with Crippen LogP contribution in [0.2, 0.25) is 0 Å². The first-order valence-electron chi connectivity index (χ1n) is 9.02. The van der Waals surface area contributed by atoms with Crippen molar-refractivity contribution in [3.63, 3.8) is 0 Å².